The zero-order chi connectivity index (χ0) is 16.3. The first kappa shape index (κ1) is 15.5. The van der Waals surface area contributed by atoms with E-state index in [9.17, 15) is 8.42 Å². The third-order valence-corrected chi connectivity index (χ3v) is 5.60. The molecule has 116 valence electrons. The molecule has 0 aliphatic heterocycles. The van der Waals surface area contributed by atoms with E-state index in [4.69, 9.17) is 0 Å². The topological polar surface area (TPSA) is 34.1 Å². The van der Waals surface area contributed by atoms with Crippen molar-refractivity contribution in [1.29, 1.82) is 0 Å². The maximum absolute atomic E-state index is 12.5. The van der Waals surface area contributed by atoms with Crippen molar-refractivity contribution in [3.63, 3.8) is 0 Å². The number of hydrogen-bond acceptors (Lipinski definition) is 2. The Balaban J connectivity index is 1.83. The Morgan fingerprint density at radius 2 is 1.13 bits per heavy atom. The molecule has 3 rings (SSSR count). The smallest absolute Gasteiger partial charge is 0.206 e. The predicted octanol–water partition coefficient (Wildman–Crippen LogP) is 4.42. The fraction of sp³-hybridized carbons (Fsp3) is 0.100. The SMILES string of the molecule is Cc1ccc(Cc2ccc(S(=O)(=O)c3ccccc3)cc2)cc1. The van der Waals surface area contributed by atoms with Crippen LogP contribution in [0.5, 0.6) is 0 Å². The first-order chi connectivity index (χ1) is 11.1. The minimum absolute atomic E-state index is 0.325. The zero-order valence-electron chi connectivity index (χ0n) is 12.9. The van der Waals surface area contributed by atoms with E-state index in [2.05, 4.69) is 31.2 Å². The van der Waals surface area contributed by atoms with Crippen LogP contribution < -0.4 is 0 Å². The van der Waals surface area contributed by atoms with Crippen LogP contribution in [0.15, 0.2) is 88.7 Å². The van der Waals surface area contributed by atoms with E-state index >= 15 is 0 Å². The summed E-state index contributed by atoms with van der Waals surface area (Å²) in [5.41, 5.74) is 3.55. The van der Waals surface area contributed by atoms with Crippen LogP contribution in [0.2, 0.25) is 0 Å². The molecular formula is C20H18O2S. The lowest BCUT2D eigenvalue weighted by molar-refractivity contribution is 0.596. The largest absolute Gasteiger partial charge is 0.219 e. The summed E-state index contributed by atoms with van der Waals surface area (Å²) in [4.78, 5) is 0.655. The van der Waals surface area contributed by atoms with Crippen LogP contribution in [-0.2, 0) is 16.3 Å². The van der Waals surface area contributed by atoms with Gasteiger partial charge in [-0.25, -0.2) is 8.42 Å². The monoisotopic (exact) mass is 322 g/mol. The molecule has 0 unspecified atom stereocenters. The molecule has 0 radical (unpaired) electrons. The molecule has 0 saturated carbocycles. The Hall–Kier alpha value is -2.39. The van der Waals surface area contributed by atoms with E-state index in [0.29, 0.717) is 9.79 Å². The molecule has 0 spiro atoms. The van der Waals surface area contributed by atoms with Gasteiger partial charge >= 0.3 is 0 Å². The molecule has 0 amide bonds. The average Bonchev–Trinajstić information content (AvgIpc) is 2.58. The summed E-state index contributed by atoms with van der Waals surface area (Å²) < 4.78 is 25.1. The number of sulfone groups is 1. The molecule has 0 N–H and O–H groups in total. The van der Waals surface area contributed by atoms with Crippen LogP contribution in [0.1, 0.15) is 16.7 Å². The molecule has 3 heteroatoms. The van der Waals surface area contributed by atoms with Crippen LogP contribution in [0.3, 0.4) is 0 Å². The summed E-state index contributed by atoms with van der Waals surface area (Å²) in [7, 11) is -3.43. The second-order valence-corrected chi connectivity index (χ2v) is 7.57. The van der Waals surface area contributed by atoms with Gasteiger partial charge in [0.2, 0.25) is 9.84 Å². The van der Waals surface area contributed by atoms with Gasteiger partial charge in [-0.05, 0) is 48.7 Å². The Bertz CT molecular complexity index is 879. The maximum atomic E-state index is 12.5. The van der Waals surface area contributed by atoms with Gasteiger partial charge in [0.25, 0.3) is 0 Å². The normalized spacial score (nSPS) is 11.3. The van der Waals surface area contributed by atoms with Crippen molar-refractivity contribution in [2.75, 3.05) is 0 Å². The van der Waals surface area contributed by atoms with Crippen molar-refractivity contribution >= 4 is 9.84 Å². The van der Waals surface area contributed by atoms with Crippen LogP contribution in [0.4, 0.5) is 0 Å². The summed E-state index contributed by atoms with van der Waals surface area (Å²) in [6.07, 6.45) is 0.798. The zero-order valence-corrected chi connectivity index (χ0v) is 13.8. The third kappa shape index (κ3) is 3.51. The van der Waals surface area contributed by atoms with E-state index in [1.54, 1.807) is 36.4 Å². The van der Waals surface area contributed by atoms with Gasteiger partial charge in [0.1, 0.15) is 0 Å². The molecule has 0 fully saturated rings. The van der Waals surface area contributed by atoms with Crippen LogP contribution in [0.25, 0.3) is 0 Å². The highest BCUT2D eigenvalue weighted by Crippen LogP contribution is 2.21. The fourth-order valence-corrected chi connectivity index (χ4v) is 3.75. The first-order valence-corrected chi connectivity index (χ1v) is 8.99. The highest BCUT2D eigenvalue weighted by atomic mass is 32.2. The van der Waals surface area contributed by atoms with Crippen molar-refractivity contribution in [3.8, 4) is 0 Å². The van der Waals surface area contributed by atoms with E-state index in [1.165, 1.54) is 11.1 Å². The van der Waals surface area contributed by atoms with Gasteiger partial charge in [-0.3, -0.25) is 0 Å². The van der Waals surface area contributed by atoms with Gasteiger partial charge < -0.3 is 0 Å². The summed E-state index contributed by atoms with van der Waals surface area (Å²) in [5.74, 6) is 0. The first-order valence-electron chi connectivity index (χ1n) is 7.50. The molecule has 0 atom stereocenters. The van der Waals surface area contributed by atoms with Gasteiger partial charge in [0, 0.05) is 0 Å². The second-order valence-electron chi connectivity index (χ2n) is 5.62. The number of hydrogen-bond donors (Lipinski definition) is 0. The lowest BCUT2D eigenvalue weighted by atomic mass is 10.0. The molecular weight excluding hydrogens is 304 g/mol. The fourth-order valence-electron chi connectivity index (χ4n) is 2.46. The molecule has 0 aromatic heterocycles. The Morgan fingerprint density at radius 3 is 1.70 bits per heavy atom. The molecule has 3 aromatic carbocycles. The summed E-state index contributed by atoms with van der Waals surface area (Å²) in [5, 5.41) is 0. The average molecular weight is 322 g/mol. The van der Waals surface area contributed by atoms with Gasteiger partial charge in [-0.1, -0.05) is 60.2 Å². The van der Waals surface area contributed by atoms with Crippen LogP contribution in [0, 0.1) is 6.92 Å². The highest BCUT2D eigenvalue weighted by Gasteiger charge is 2.16. The third-order valence-electron chi connectivity index (χ3n) is 3.82. The van der Waals surface area contributed by atoms with Crippen LogP contribution in [-0.4, -0.2) is 8.42 Å². The molecule has 0 saturated heterocycles. The van der Waals surface area contributed by atoms with E-state index in [1.807, 2.05) is 18.2 Å². The summed E-state index contributed by atoms with van der Waals surface area (Å²) in [6, 6.07) is 24.0. The number of rotatable bonds is 4. The molecule has 2 nitrogen and oxygen atoms in total. The summed E-state index contributed by atoms with van der Waals surface area (Å²) in [6.45, 7) is 2.06. The minimum Gasteiger partial charge on any atom is -0.219 e. The lowest BCUT2D eigenvalue weighted by Gasteiger charge is -2.07. The Morgan fingerprint density at radius 1 is 0.652 bits per heavy atom. The highest BCUT2D eigenvalue weighted by molar-refractivity contribution is 7.91. The van der Waals surface area contributed by atoms with Crippen molar-refractivity contribution < 1.29 is 8.42 Å². The van der Waals surface area contributed by atoms with Crippen molar-refractivity contribution in [1.82, 2.24) is 0 Å². The standard InChI is InChI=1S/C20H18O2S/c1-16-7-9-17(10-8-16)15-18-11-13-20(14-12-18)23(21,22)19-5-3-2-4-6-19/h2-14H,15H2,1H3. The molecule has 0 bridgehead atoms. The van der Waals surface area contributed by atoms with E-state index < -0.39 is 9.84 Å². The van der Waals surface area contributed by atoms with E-state index in [-0.39, 0.29) is 0 Å². The number of benzene rings is 3. The molecule has 23 heavy (non-hydrogen) atoms. The van der Waals surface area contributed by atoms with Gasteiger partial charge in [0.05, 0.1) is 9.79 Å². The lowest BCUT2D eigenvalue weighted by Crippen LogP contribution is -2.01. The minimum atomic E-state index is -3.43. The Labute approximate surface area is 137 Å². The Kier molecular flexibility index (Phi) is 4.30. The number of aryl methyl sites for hydroxylation is 1. The quantitative estimate of drug-likeness (QED) is 0.712. The van der Waals surface area contributed by atoms with Crippen molar-refractivity contribution in [2.24, 2.45) is 0 Å². The van der Waals surface area contributed by atoms with Gasteiger partial charge in [0.15, 0.2) is 0 Å². The molecule has 0 aliphatic rings. The molecule has 3 aromatic rings. The summed E-state index contributed by atoms with van der Waals surface area (Å²) >= 11 is 0. The second kappa shape index (κ2) is 6.39. The molecule has 0 aliphatic carbocycles. The van der Waals surface area contributed by atoms with Gasteiger partial charge in [-0.15, -0.1) is 0 Å². The van der Waals surface area contributed by atoms with E-state index in [0.717, 1.165) is 12.0 Å². The predicted molar refractivity (Wildman–Crippen MR) is 92.3 cm³/mol. The van der Waals surface area contributed by atoms with Crippen molar-refractivity contribution in [3.05, 3.63) is 95.6 Å². The van der Waals surface area contributed by atoms with Crippen LogP contribution >= 0.6 is 0 Å². The van der Waals surface area contributed by atoms with Crippen molar-refractivity contribution in [2.45, 2.75) is 23.1 Å². The van der Waals surface area contributed by atoms with Gasteiger partial charge in [-0.2, -0.15) is 0 Å². The molecule has 0 heterocycles. The maximum Gasteiger partial charge on any atom is 0.206 e.